The molecule has 0 spiro atoms. The molecule has 4 N–H and O–H groups in total. The molecule has 8 heteroatoms. The number of nitrogens with one attached hydrogen (secondary N) is 2. The van der Waals surface area contributed by atoms with Gasteiger partial charge in [0.05, 0.1) is 12.6 Å². The number of nitrogens with two attached hydrogens (primary N) is 1. The largest absolute Gasteiger partial charge is 0.352 e. The quantitative estimate of drug-likeness (QED) is 0.665. The molecule has 27 heavy (non-hydrogen) atoms. The molecular formula is C19H29ClN4O3. The highest BCUT2D eigenvalue weighted by atomic mass is 35.5. The number of carbonyl (C=O) groups excluding carboxylic acids is 3. The number of hydrogen-bond donors (Lipinski definition) is 3. The molecule has 1 heterocycles. The number of piperidine rings is 1. The van der Waals surface area contributed by atoms with Crippen molar-refractivity contribution in [3.05, 3.63) is 35.9 Å². The van der Waals surface area contributed by atoms with Crippen LogP contribution in [0.15, 0.2) is 30.3 Å². The third-order valence-electron chi connectivity index (χ3n) is 4.61. The first-order valence-electron chi connectivity index (χ1n) is 9.05. The van der Waals surface area contributed by atoms with E-state index in [1.807, 2.05) is 32.0 Å². The first-order valence-corrected chi connectivity index (χ1v) is 9.05. The molecule has 1 aromatic carbocycles. The molecule has 1 saturated heterocycles. The van der Waals surface area contributed by atoms with Gasteiger partial charge in [-0.1, -0.05) is 32.0 Å². The third kappa shape index (κ3) is 6.84. The summed E-state index contributed by atoms with van der Waals surface area (Å²) in [6.07, 6.45) is 1.40. The van der Waals surface area contributed by atoms with Crippen LogP contribution in [-0.2, 0) is 9.59 Å². The molecule has 0 aromatic heterocycles. The summed E-state index contributed by atoms with van der Waals surface area (Å²) in [5.74, 6) is -0.518. The molecule has 1 aliphatic heterocycles. The summed E-state index contributed by atoms with van der Waals surface area (Å²) in [7, 11) is 0. The lowest BCUT2D eigenvalue weighted by molar-refractivity contribution is -0.127. The van der Waals surface area contributed by atoms with E-state index < -0.39 is 6.04 Å². The second-order valence-corrected chi connectivity index (χ2v) is 6.99. The monoisotopic (exact) mass is 396 g/mol. The third-order valence-corrected chi connectivity index (χ3v) is 4.61. The normalized spacial score (nSPS) is 15.6. The maximum Gasteiger partial charge on any atom is 0.253 e. The average molecular weight is 397 g/mol. The number of hydrogen-bond acceptors (Lipinski definition) is 4. The highest BCUT2D eigenvalue weighted by Crippen LogP contribution is 2.14. The lowest BCUT2D eigenvalue weighted by atomic mass is 10.0. The fourth-order valence-corrected chi connectivity index (χ4v) is 2.86. The molecule has 0 saturated carbocycles. The van der Waals surface area contributed by atoms with Crippen LogP contribution >= 0.6 is 12.4 Å². The van der Waals surface area contributed by atoms with Gasteiger partial charge in [-0.15, -0.1) is 12.4 Å². The Morgan fingerprint density at radius 2 is 1.74 bits per heavy atom. The maximum absolute atomic E-state index is 12.4. The fraction of sp³-hybridized carbons (Fsp3) is 0.526. The number of amides is 3. The summed E-state index contributed by atoms with van der Waals surface area (Å²) in [4.78, 5) is 38.0. The second kappa shape index (κ2) is 10.9. The van der Waals surface area contributed by atoms with Crippen LogP contribution in [0.4, 0.5) is 0 Å². The first kappa shape index (κ1) is 22.9. The fourth-order valence-electron chi connectivity index (χ4n) is 2.86. The number of carbonyl (C=O) groups is 3. The van der Waals surface area contributed by atoms with Crippen LogP contribution < -0.4 is 16.4 Å². The van der Waals surface area contributed by atoms with E-state index in [2.05, 4.69) is 10.6 Å². The highest BCUT2D eigenvalue weighted by molar-refractivity contribution is 5.94. The van der Waals surface area contributed by atoms with Crippen LogP contribution in [-0.4, -0.2) is 54.3 Å². The first-order chi connectivity index (χ1) is 12.4. The topological polar surface area (TPSA) is 105 Å². The van der Waals surface area contributed by atoms with Gasteiger partial charge in [-0.3, -0.25) is 14.4 Å². The van der Waals surface area contributed by atoms with Gasteiger partial charge in [-0.25, -0.2) is 0 Å². The SMILES string of the molecule is CC(C)[C@H](N)C(=O)NCC(=O)NC1CCN(C(=O)c2ccccc2)CC1.Cl. The Morgan fingerprint density at radius 3 is 2.30 bits per heavy atom. The van der Waals surface area contributed by atoms with Crippen molar-refractivity contribution in [3.63, 3.8) is 0 Å². The van der Waals surface area contributed by atoms with E-state index in [0.717, 1.165) is 0 Å². The summed E-state index contributed by atoms with van der Waals surface area (Å²) in [6.45, 7) is 4.83. The zero-order chi connectivity index (χ0) is 19.1. The minimum Gasteiger partial charge on any atom is -0.352 e. The molecule has 2 rings (SSSR count). The van der Waals surface area contributed by atoms with Gasteiger partial charge in [0.15, 0.2) is 0 Å². The zero-order valence-corrected chi connectivity index (χ0v) is 16.6. The average Bonchev–Trinajstić information content (AvgIpc) is 2.66. The van der Waals surface area contributed by atoms with Crippen LogP contribution in [0, 0.1) is 5.92 Å². The predicted molar refractivity (Wildman–Crippen MR) is 107 cm³/mol. The summed E-state index contributed by atoms with van der Waals surface area (Å²) < 4.78 is 0. The van der Waals surface area contributed by atoms with Crippen LogP contribution in [0.3, 0.4) is 0 Å². The molecule has 0 aliphatic carbocycles. The molecule has 3 amide bonds. The smallest absolute Gasteiger partial charge is 0.253 e. The highest BCUT2D eigenvalue weighted by Gasteiger charge is 2.25. The van der Waals surface area contributed by atoms with Gasteiger partial charge in [-0.05, 0) is 30.9 Å². The summed E-state index contributed by atoms with van der Waals surface area (Å²) >= 11 is 0. The number of rotatable bonds is 6. The number of halogens is 1. The lowest BCUT2D eigenvalue weighted by Crippen LogP contribution is -2.50. The van der Waals surface area contributed by atoms with Gasteiger partial charge < -0.3 is 21.3 Å². The molecule has 1 fully saturated rings. The van der Waals surface area contributed by atoms with Crippen molar-refractivity contribution in [2.75, 3.05) is 19.6 Å². The minimum absolute atomic E-state index is 0. The van der Waals surface area contributed by atoms with Crippen molar-refractivity contribution in [2.45, 2.75) is 38.8 Å². The Kier molecular flexibility index (Phi) is 9.25. The number of likely N-dealkylation sites (tertiary alicyclic amines) is 1. The Hall–Kier alpha value is -2.12. The van der Waals surface area contributed by atoms with Crippen LogP contribution in [0.1, 0.15) is 37.0 Å². The van der Waals surface area contributed by atoms with Gasteiger partial charge in [0.1, 0.15) is 0 Å². The van der Waals surface area contributed by atoms with E-state index in [1.165, 1.54) is 0 Å². The van der Waals surface area contributed by atoms with Crippen molar-refractivity contribution in [3.8, 4) is 0 Å². The summed E-state index contributed by atoms with van der Waals surface area (Å²) in [5.41, 5.74) is 6.42. The molecule has 1 aromatic rings. The van der Waals surface area contributed by atoms with Gasteiger partial charge in [0.2, 0.25) is 11.8 Å². The Bertz CT molecular complexity index is 631. The molecule has 1 atom stereocenters. The minimum atomic E-state index is -0.616. The van der Waals surface area contributed by atoms with Crippen molar-refractivity contribution in [1.29, 1.82) is 0 Å². The molecule has 7 nitrogen and oxygen atoms in total. The van der Waals surface area contributed by atoms with Crippen LogP contribution in [0.2, 0.25) is 0 Å². The van der Waals surface area contributed by atoms with E-state index in [9.17, 15) is 14.4 Å². The van der Waals surface area contributed by atoms with Crippen molar-refractivity contribution in [2.24, 2.45) is 11.7 Å². The number of nitrogens with zero attached hydrogens (tertiary/aromatic N) is 1. The Morgan fingerprint density at radius 1 is 1.15 bits per heavy atom. The number of benzene rings is 1. The molecule has 0 bridgehead atoms. The standard InChI is InChI=1S/C19H28N4O3.ClH/c1-13(2)17(20)18(25)21-12-16(24)22-15-8-10-23(11-9-15)19(26)14-6-4-3-5-7-14;/h3-7,13,15,17H,8-12,20H2,1-2H3,(H,21,25)(H,22,24);1H/t17-;/m0./s1. The predicted octanol–water partition coefficient (Wildman–Crippen LogP) is 0.929. The van der Waals surface area contributed by atoms with Crippen LogP contribution in [0.25, 0.3) is 0 Å². The van der Waals surface area contributed by atoms with Crippen molar-refractivity contribution in [1.82, 2.24) is 15.5 Å². The summed E-state index contributed by atoms with van der Waals surface area (Å²) in [5, 5.41) is 5.47. The van der Waals surface area contributed by atoms with Crippen molar-refractivity contribution < 1.29 is 14.4 Å². The van der Waals surface area contributed by atoms with Crippen molar-refractivity contribution >= 4 is 30.1 Å². The van der Waals surface area contributed by atoms with E-state index in [-0.39, 0.29) is 48.6 Å². The van der Waals surface area contributed by atoms with E-state index in [4.69, 9.17) is 5.73 Å². The van der Waals surface area contributed by atoms with Gasteiger partial charge in [0.25, 0.3) is 5.91 Å². The molecule has 0 unspecified atom stereocenters. The summed E-state index contributed by atoms with van der Waals surface area (Å²) in [6, 6.07) is 8.58. The van der Waals surface area contributed by atoms with Gasteiger partial charge in [-0.2, -0.15) is 0 Å². The second-order valence-electron chi connectivity index (χ2n) is 6.99. The van der Waals surface area contributed by atoms with E-state index in [0.29, 0.717) is 31.5 Å². The van der Waals surface area contributed by atoms with Gasteiger partial charge in [0, 0.05) is 24.7 Å². The van der Waals surface area contributed by atoms with Gasteiger partial charge >= 0.3 is 0 Å². The zero-order valence-electron chi connectivity index (χ0n) is 15.8. The van der Waals surface area contributed by atoms with E-state index >= 15 is 0 Å². The molecular weight excluding hydrogens is 368 g/mol. The maximum atomic E-state index is 12.4. The molecule has 150 valence electrons. The molecule has 1 aliphatic rings. The lowest BCUT2D eigenvalue weighted by Gasteiger charge is -2.32. The molecule has 0 radical (unpaired) electrons. The Balaban J connectivity index is 0.00000364. The van der Waals surface area contributed by atoms with E-state index in [1.54, 1.807) is 17.0 Å². The Labute approximate surface area is 166 Å². The van der Waals surface area contributed by atoms with Crippen LogP contribution in [0.5, 0.6) is 0 Å².